The molecule has 1 saturated carbocycles. The van der Waals surface area contributed by atoms with Crippen molar-refractivity contribution in [1.82, 2.24) is 15.1 Å². The van der Waals surface area contributed by atoms with Gasteiger partial charge in [-0.1, -0.05) is 38.1 Å². The normalized spacial score (nSPS) is 25.9. The summed E-state index contributed by atoms with van der Waals surface area (Å²) in [5.41, 5.74) is 2.54. The summed E-state index contributed by atoms with van der Waals surface area (Å²) >= 11 is 0. The molecule has 2 aliphatic heterocycles. The van der Waals surface area contributed by atoms with E-state index >= 15 is 0 Å². The van der Waals surface area contributed by atoms with E-state index in [-0.39, 0.29) is 17.7 Å². The van der Waals surface area contributed by atoms with Crippen LogP contribution < -0.4 is 5.32 Å². The minimum atomic E-state index is 0.0317. The molecule has 2 amide bonds. The number of benzene rings is 1. The second-order valence-electron chi connectivity index (χ2n) is 10.0. The van der Waals surface area contributed by atoms with E-state index in [1.54, 1.807) is 0 Å². The summed E-state index contributed by atoms with van der Waals surface area (Å²) in [6.45, 7) is 10.0. The largest absolute Gasteiger partial charge is 0.352 e. The van der Waals surface area contributed by atoms with Crippen LogP contribution in [-0.2, 0) is 22.7 Å². The zero-order valence-electron chi connectivity index (χ0n) is 18.6. The monoisotopic (exact) mass is 411 g/mol. The second-order valence-corrected chi connectivity index (χ2v) is 10.0. The van der Waals surface area contributed by atoms with Gasteiger partial charge in [0, 0.05) is 51.1 Å². The van der Waals surface area contributed by atoms with Gasteiger partial charge in [-0.25, -0.2) is 0 Å². The Bertz CT molecular complexity index is 743. The number of likely N-dealkylation sites (tertiary alicyclic amines) is 2. The number of carbonyl (C=O) groups excluding carboxylic acids is 2. The van der Waals surface area contributed by atoms with Gasteiger partial charge in [0.1, 0.15) is 0 Å². The van der Waals surface area contributed by atoms with E-state index < -0.39 is 0 Å². The highest BCUT2D eigenvalue weighted by Crippen LogP contribution is 2.32. The molecule has 1 aliphatic carbocycles. The van der Waals surface area contributed by atoms with Crippen LogP contribution in [0.1, 0.15) is 57.1 Å². The van der Waals surface area contributed by atoms with Crippen LogP contribution in [0.4, 0.5) is 0 Å². The third-order valence-electron chi connectivity index (χ3n) is 7.01. The summed E-state index contributed by atoms with van der Waals surface area (Å²) in [7, 11) is 0. The van der Waals surface area contributed by atoms with Crippen LogP contribution in [0.15, 0.2) is 24.3 Å². The standard InChI is InChI=1S/C25H37N3O2/c1-18-13-19(2)16-27(15-18)17-23-6-4-3-5-22(23)14-26-24(29)20-9-11-28(12-10-20)25(30)21-7-8-21/h3-6,18-21H,7-17H2,1-2H3,(H,26,29)/t18-,19-/m1/s1. The lowest BCUT2D eigenvalue weighted by molar-refractivity contribution is -0.136. The molecule has 5 nitrogen and oxygen atoms in total. The van der Waals surface area contributed by atoms with Crippen molar-refractivity contribution in [2.45, 2.75) is 59.0 Å². The molecule has 2 heterocycles. The smallest absolute Gasteiger partial charge is 0.225 e. The number of piperidine rings is 2. The second kappa shape index (κ2) is 9.51. The van der Waals surface area contributed by atoms with E-state index in [4.69, 9.17) is 0 Å². The van der Waals surface area contributed by atoms with Crippen LogP contribution in [0.3, 0.4) is 0 Å². The molecule has 164 valence electrons. The highest BCUT2D eigenvalue weighted by molar-refractivity contribution is 5.82. The molecule has 0 radical (unpaired) electrons. The van der Waals surface area contributed by atoms with Gasteiger partial charge in [-0.15, -0.1) is 0 Å². The molecule has 5 heteroatoms. The van der Waals surface area contributed by atoms with E-state index in [2.05, 4.69) is 48.3 Å². The van der Waals surface area contributed by atoms with Gasteiger partial charge < -0.3 is 10.2 Å². The Labute approximate surface area is 181 Å². The summed E-state index contributed by atoms with van der Waals surface area (Å²) < 4.78 is 0. The Kier molecular flexibility index (Phi) is 6.77. The molecular weight excluding hydrogens is 374 g/mol. The predicted molar refractivity (Wildman–Crippen MR) is 119 cm³/mol. The number of nitrogens with one attached hydrogen (secondary N) is 1. The van der Waals surface area contributed by atoms with Crippen LogP contribution in [0, 0.1) is 23.7 Å². The molecule has 3 fully saturated rings. The van der Waals surface area contributed by atoms with Crippen LogP contribution in [-0.4, -0.2) is 47.8 Å². The van der Waals surface area contributed by atoms with Gasteiger partial charge in [0.25, 0.3) is 0 Å². The average molecular weight is 412 g/mol. The van der Waals surface area contributed by atoms with Crippen molar-refractivity contribution in [2.75, 3.05) is 26.2 Å². The van der Waals surface area contributed by atoms with E-state index in [1.807, 2.05) is 4.90 Å². The molecule has 2 saturated heterocycles. The Morgan fingerprint density at radius 2 is 1.57 bits per heavy atom. The van der Waals surface area contributed by atoms with Crippen molar-refractivity contribution in [1.29, 1.82) is 0 Å². The van der Waals surface area contributed by atoms with Crippen LogP contribution in [0.5, 0.6) is 0 Å². The van der Waals surface area contributed by atoms with Crippen LogP contribution in [0.2, 0.25) is 0 Å². The van der Waals surface area contributed by atoms with Gasteiger partial charge in [0.2, 0.25) is 11.8 Å². The lowest BCUT2D eigenvalue weighted by atomic mass is 9.91. The highest BCUT2D eigenvalue weighted by atomic mass is 16.2. The van der Waals surface area contributed by atoms with Gasteiger partial charge in [-0.2, -0.15) is 0 Å². The summed E-state index contributed by atoms with van der Waals surface area (Å²) in [5.74, 6) is 2.26. The van der Waals surface area contributed by atoms with Crippen molar-refractivity contribution in [3.8, 4) is 0 Å². The van der Waals surface area contributed by atoms with Gasteiger partial charge in [-0.3, -0.25) is 14.5 Å². The number of hydrogen-bond acceptors (Lipinski definition) is 3. The van der Waals surface area contributed by atoms with Crippen molar-refractivity contribution in [3.63, 3.8) is 0 Å². The molecule has 0 unspecified atom stereocenters. The third-order valence-corrected chi connectivity index (χ3v) is 7.01. The molecule has 1 N–H and O–H groups in total. The zero-order valence-corrected chi connectivity index (χ0v) is 18.6. The minimum Gasteiger partial charge on any atom is -0.352 e. The number of carbonyl (C=O) groups is 2. The van der Waals surface area contributed by atoms with Gasteiger partial charge >= 0.3 is 0 Å². The molecule has 3 aliphatic rings. The Morgan fingerprint density at radius 3 is 2.20 bits per heavy atom. The molecular formula is C25H37N3O2. The fourth-order valence-corrected chi connectivity index (χ4v) is 5.32. The molecule has 1 aromatic rings. The molecule has 4 rings (SSSR count). The number of amides is 2. The molecule has 1 aromatic carbocycles. The van der Waals surface area contributed by atoms with Crippen molar-refractivity contribution < 1.29 is 9.59 Å². The Hall–Kier alpha value is -1.88. The maximum absolute atomic E-state index is 12.8. The van der Waals surface area contributed by atoms with Crippen molar-refractivity contribution >= 4 is 11.8 Å². The first-order chi connectivity index (χ1) is 14.5. The first-order valence-electron chi connectivity index (χ1n) is 11.8. The topological polar surface area (TPSA) is 52.7 Å². The number of rotatable bonds is 6. The number of nitrogens with zero attached hydrogens (tertiary/aromatic N) is 2. The number of hydrogen-bond donors (Lipinski definition) is 1. The maximum atomic E-state index is 12.8. The molecule has 30 heavy (non-hydrogen) atoms. The summed E-state index contributed by atoms with van der Waals surface area (Å²) in [6.07, 6.45) is 4.99. The SMILES string of the molecule is C[C@@H]1C[C@@H](C)CN(Cc2ccccc2CNC(=O)C2CCN(C(=O)C3CC3)CC2)C1. The summed E-state index contributed by atoms with van der Waals surface area (Å²) in [5, 5.41) is 3.18. The Morgan fingerprint density at radius 1 is 0.933 bits per heavy atom. The quantitative estimate of drug-likeness (QED) is 0.780. The van der Waals surface area contributed by atoms with E-state index in [1.165, 1.54) is 17.5 Å². The van der Waals surface area contributed by atoms with Gasteiger partial charge in [0.05, 0.1) is 0 Å². The predicted octanol–water partition coefficient (Wildman–Crippen LogP) is 3.43. The molecule has 2 atom stereocenters. The molecule has 0 bridgehead atoms. The maximum Gasteiger partial charge on any atom is 0.225 e. The van der Waals surface area contributed by atoms with Gasteiger partial charge in [0.15, 0.2) is 0 Å². The first kappa shape index (κ1) is 21.4. The van der Waals surface area contributed by atoms with E-state index in [0.717, 1.165) is 70.2 Å². The fraction of sp³-hybridized carbons (Fsp3) is 0.680. The Balaban J connectivity index is 1.27. The molecule has 0 spiro atoms. The van der Waals surface area contributed by atoms with Gasteiger partial charge in [-0.05, 0) is 55.1 Å². The lowest BCUT2D eigenvalue weighted by Crippen LogP contribution is -2.43. The van der Waals surface area contributed by atoms with Crippen molar-refractivity contribution in [2.24, 2.45) is 23.7 Å². The van der Waals surface area contributed by atoms with Crippen molar-refractivity contribution in [3.05, 3.63) is 35.4 Å². The lowest BCUT2D eigenvalue weighted by Gasteiger charge is -2.35. The highest BCUT2D eigenvalue weighted by Gasteiger charge is 2.36. The summed E-state index contributed by atoms with van der Waals surface area (Å²) in [6, 6.07) is 8.51. The first-order valence-corrected chi connectivity index (χ1v) is 11.8. The zero-order chi connectivity index (χ0) is 21.1. The van der Waals surface area contributed by atoms with E-state index in [9.17, 15) is 9.59 Å². The third kappa shape index (κ3) is 5.42. The van der Waals surface area contributed by atoms with E-state index in [0.29, 0.717) is 12.5 Å². The molecule has 0 aromatic heterocycles. The summed E-state index contributed by atoms with van der Waals surface area (Å²) in [4.78, 5) is 29.5. The van der Waals surface area contributed by atoms with Crippen LogP contribution >= 0.6 is 0 Å². The minimum absolute atomic E-state index is 0.0317. The van der Waals surface area contributed by atoms with Crippen LogP contribution in [0.25, 0.3) is 0 Å². The fourth-order valence-electron chi connectivity index (χ4n) is 5.32. The average Bonchev–Trinajstić information content (AvgIpc) is 3.57.